The third kappa shape index (κ3) is 5.09. The third-order valence-corrected chi connectivity index (χ3v) is 3.65. The minimum absolute atomic E-state index is 0.407. The molecule has 1 rings (SSSR count). The molecule has 3 heteroatoms. The van der Waals surface area contributed by atoms with Gasteiger partial charge < -0.3 is 10.1 Å². The molecule has 1 N–H and O–H groups in total. The molecule has 2 nitrogen and oxygen atoms in total. The van der Waals surface area contributed by atoms with Crippen LogP contribution in [0.5, 0.6) is 0 Å². The van der Waals surface area contributed by atoms with E-state index in [-0.39, 0.29) is 0 Å². The molecule has 0 fully saturated rings. The number of ether oxygens (including phenoxy) is 1. The summed E-state index contributed by atoms with van der Waals surface area (Å²) < 4.78 is 6.41. The van der Waals surface area contributed by atoms with Gasteiger partial charge in [-0.15, -0.1) is 0 Å². The highest BCUT2D eigenvalue weighted by atomic mass is 79.9. The maximum absolute atomic E-state index is 5.29. The fourth-order valence-electron chi connectivity index (χ4n) is 2.19. The summed E-state index contributed by atoms with van der Waals surface area (Å²) in [4.78, 5) is 0. The highest BCUT2D eigenvalue weighted by molar-refractivity contribution is 9.10. The quantitative estimate of drug-likeness (QED) is 0.772. The molecule has 1 aromatic rings. The minimum atomic E-state index is 0.407. The highest BCUT2D eigenvalue weighted by Crippen LogP contribution is 2.20. The van der Waals surface area contributed by atoms with Crippen molar-refractivity contribution in [1.29, 1.82) is 0 Å². The SMILES string of the molecule is CCCC(COC)NC(CC)c1ccc(Br)cc1. The first kappa shape index (κ1) is 15.7. The molecule has 0 aliphatic rings. The van der Waals surface area contributed by atoms with Crippen molar-refractivity contribution in [3.8, 4) is 0 Å². The van der Waals surface area contributed by atoms with Gasteiger partial charge in [0.1, 0.15) is 0 Å². The van der Waals surface area contributed by atoms with Crippen LogP contribution in [0.25, 0.3) is 0 Å². The Labute approximate surface area is 119 Å². The maximum atomic E-state index is 5.29. The van der Waals surface area contributed by atoms with Gasteiger partial charge in [0.25, 0.3) is 0 Å². The number of methoxy groups -OCH3 is 1. The molecule has 0 heterocycles. The Bertz CT molecular complexity index is 320. The molecule has 0 aromatic heterocycles. The Balaban J connectivity index is 2.67. The standard InChI is InChI=1S/C15H24BrNO/c1-4-6-14(11-18-3)17-15(5-2)12-7-9-13(16)10-8-12/h7-10,14-15,17H,4-6,11H2,1-3H3. The zero-order chi connectivity index (χ0) is 13.4. The van der Waals surface area contributed by atoms with Crippen LogP contribution in [-0.2, 0) is 4.74 Å². The van der Waals surface area contributed by atoms with Crippen LogP contribution >= 0.6 is 15.9 Å². The minimum Gasteiger partial charge on any atom is -0.383 e. The molecule has 0 spiro atoms. The molecule has 102 valence electrons. The van der Waals surface area contributed by atoms with Crippen LogP contribution in [0.2, 0.25) is 0 Å². The second-order valence-corrected chi connectivity index (χ2v) is 5.54. The molecule has 0 aliphatic carbocycles. The zero-order valence-electron chi connectivity index (χ0n) is 11.6. The number of halogens is 1. The van der Waals surface area contributed by atoms with Gasteiger partial charge in [0.2, 0.25) is 0 Å². The maximum Gasteiger partial charge on any atom is 0.0616 e. The molecule has 2 atom stereocenters. The Kier molecular flexibility index (Phi) is 7.56. The summed E-state index contributed by atoms with van der Waals surface area (Å²) in [5, 5.41) is 3.70. The van der Waals surface area contributed by atoms with E-state index < -0.39 is 0 Å². The third-order valence-electron chi connectivity index (χ3n) is 3.12. The largest absolute Gasteiger partial charge is 0.383 e. The van der Waals surface area contributed by atoms with Crippen molar-refractivity contribution in [2.45, 2.75) is 45.2 Å². The van der Waals surface area contributed by atoms with Crippen molar-refractivity contribution in [2.75, 3.05) is 13.7 Å². The smallest absolute Gasteiger partial charge is 0.0616 e. The highest BCUT2D eigenvalue weighted by Gasteiger charge is 2.14. The predicted molar refractivity (Wildman–Crippen MR) is 80.9 cm³/mol. The van der Waals surface area contributed by atoms with E-state index in [9.17, 15) is 0 Å². The summed E-state index contributed by atoms with van der Waals surface area (Å²) in [7, 11) is 1.77. The Morgan fingerprint density at radius 2 is 1.89 bits per heavy atom. The van der Waals surface area contributed by atoms with Crippen LogP contribution in [0.1, 0.15) is 44.7 Å². The average Bonchev–Trinajstić information content (AvgIpc) is 2.37. The van der Waals surface area contributed by atoms with Crippen molar-refractivity contribution in [3.63, 3.8) is 0 Å². The van der Waals surface area contributed by atoms with E-state index in [2.05, 4.69) is 59.4 Å². The van der Waals surface area contributed by atoms with E-state index in [0.717, 1.165) is 23.9 Å². The van der Waals surface area contributed by atoms with Gasteiger partial charge >= 0.3 is 0 Å². The summed E-state index contributed by atoms with van der Waals surface area (Å²) in [5.74, 6) is 0. The van der Waals surface area contributed by atoms with Gasteiger partial charge in [-0.3, -0.25) is 0 Å². The van der Waals surface area contributed by atoms with Crippen molar-refractivity contribution in [1.82, 2.24) is 5.32 Å². The number of hydrogen-bond donors (Lipinski definition) is 1. The van der Waals surface area contributed by atoms with Gasteiger partial charge in [-0.05, 0) is 30.5 Å². The Morgan fingerprint density at radius 3 is 2.39 bits per heavy atom. The average molecular weight is 314 g/mol. The van der Waals surface area contributed by atoms with Gasteiger partial charge in [0.15, 0.2) is 0 Å². The molecular weight excluding hydrogens is 290 g/mol. The zero-order valence-corrected chi connectivity index (χ0v) is 13.2. The van der Waals surface area contributed by atoms with Crippen LogP contribution in [-0.4, -0.2) is 19.8 Å². The molecule has 18 heavy (non-hydrogen) atoms. The van der Waals surface area contributed by atoms with Crippen molar-refractivity contribution in [3.05, 3.63) is 34.3 Å². The van der Waals surface area contributed by atoms with E-state index in [1.54, 1.807) is 7.11 Å². The van der Waals surface area contributed by atoms with Crippen molar-refractivity contribution >= 4 is 15.9 Å². The van der Waals surface area contributed by atoms with Gasteiger partial charge in [-0.25, -0.2) is 0 Å². The molecule has 0 radical (unpaired) electrons. The van der Waals surface area contributed by atoms with E-state index in [0.29, 0.717) is 12.1 Å². The molecule has 1 aromatic carbocycles. The molecule has 0 saturated heterocycles. The van der Waals surface area contributed by atoms with E-state index in [1.165, 1.54) is 12.0 Å². The molecule has 0 saturated carbocycles. The van der Waals surface area contributed by atoms with E-state index in [1.807, 2.05) is 0 Å². The van der Waals surface area contributed by atoms with Gasteiger partial charge in [-0.1, -0.05) is 48.3 Å². The lowest BCUT2D eigenvalue weighted by atomic mass is 10.0. The van der Waals surface area contributed by atoms with Crippen LogP contribution < -0.4 is 5.32 Å². The van der Waals surface area contributed by atoms with Gasteiger partial charge in [-0.2, -0.15) is 0 Å². The first-order chi connectivity index (χ1) is 8.71. The first-order valence-electron chi connectivity index (χ1n) is 6.71. The van der Waals surface area contributed by atoms with Crippen molar-refractivity contribution in [2.24, 2.45) is 0 Å². The molecule has 2 unspecified atom stereocenters. The number of hydrogen-bond acceptors (Lipinski definition) is 2. The monoisotopic (exact) mass is 313 g/mol. The van der Waals surface area contributed by atoms with Gasteiger partial charge in [0, 0.05) is 23.7 Å². The van der Waals surface area contributed by atoms with Crippen LogP contribution in [0.4, 0.5) is 0 Å². The van der Waals surface area contributed by atoms with Gasteiger partial charge in [0.05, 0.1) is 6.61 Å². The normalized spacial score (nSPS) is 14.4. The summed E-state index contributed by atoms with van der Waals surface area (Å²) >= 11 is 3.48. The summed E-state index contributed by atoms with van der Waals surface area (Å²) in [6, 6.07) is 9.41. The fourth-order valence-corrected chi connectivity index (χ4v) is 2.46. The molecule has 0 bridgehead atoms. The Hall–Kier alpha value is -0.380. The summed E-state index contributed by atoms with van der Waals surface area (Å²) in [6.45, 7) is 5.21. The lowest BCUT2D eigenvalue weighted by molar-refractivity contribution is 0.155. The second-order valence-electron chi connectivity index (χ2n) is 4.62. The Morgan fingerprint density at radius 1 is 1.22 bits per heavy atom. The number of benzene rings is 1. The molecular formula is C15H24BrNO. The lowest BCUT2D eigenvalue weighted by Crippen LogP contribution is -2.36. The van der Waals surface area contributed by atoms with Crippen LogP contribution in [0.15, 0.2) is 28.7 Å². The second kappa shape index (κ2) is 8.68. The van der Waals surface area contributed by atoms with Crippen molar-refractivity contribution < 1.29 is 4.74 Å². The molecule has 0 aliphatic heterocycles. The fraction of sp³-hybridized carbons (Fsp3) is 0.600. The number of rotatable bonds is 8. The summed E-state index contributed by atoms with van der Waals surface area (Å²) in [6.07, 6.45) is 3.42. The first-order valence-corrected chi connectivity index (χ1v) is 7.51. The predicted octanol–water partition coefficient (Wildman–Crippen LogP) is 4.30. The van der Waals surface area contributed by atoms with E-state index >= 15 is 0 Å². The molecule has 0 amide bonds. The number of nitrogens with one attached hydrogen (secondary N) is 1. The van der Waals surface area contributed by atoms with Crippen LogP contribution in [0.3, 0.4) is 0 Å². The van der Waals surface area contributed by atoms with Crippen LogP contribution in [0, 0.1) is 0 Å². The summed E-state index contributed by atoms with van der Waals surface area (Å²) in [5.41, 5.74) is 1.35. The van der Waals surface area contributed by atoms with E-state index in [4.69, 9.17) is 4.74 Å². The lowest BCUT2D eigenvalue weighted by Gasteiger charge is -2.25. The topological polar surface area (TPSA) is 21.3 Å².